The van der Waals surface area contributed by atoms with Crippen LogP contribution in [0.25, 0.3) is 0 Å². The minimum Gasteiger partial charge on any atom is -0.478 e. The van der Waals surface area contributed by atoms with E-state index in [9.17, 15) is 9.90 Å². The monoisotopic (exact) mass is 281 g/mol. The number of anilines is 1. The molecule has 0 radical (unpaired) electrons. The molecule has 4 heteroatoms. The van der Waals surface area contributed by atoms with Crippen molar-refractivity contribution in [1.82, 2.24) is 0 Å². The molecule has 106 valence electrons. The van der Waals surface area contributed by atoms with E-state index in [-0.39, 0.29) is 0 Å². The predicted octanol–water partition coefficient (Wildman–Crippen LogP) is 4.12. The number of carboxylic acid groups (broad SMARTS) is 1. The van der Waals surface area contributed by atoms with Gasteiger partial charge in [-0.05, 0) is 38.2 Å². The normalized spacial score (nSPS) is 10.8. The van der Waals surface area contributed by atoms with E-state index in [0.29, 0.717) is 11.6 Å². The van der Waals surface area contributed by atoms with Crippen LogP contribution in [-0.4, -0.2) is 29.4 Å². The number of benzene rings is 1. The molecule has 0 aliphatic rings. The lowest BCUT2D eigenvalue weighted by Crippen LogP contribution is -2.33. The highest BCUT2D eigenvalue weighted by molar-refractivity contribution is 7.99. The summed E-state index contributed by atoms with van der Waals surface area (Å²) in [4.78, 5) is 14.6. The van der Waals surface area contributed by atoms with Crippen molar-refractivity contribution in [3.8, 4) is 0 Å². The molecule has 0 spiro atoms. The van der Waals surface area contributed by atoms with Crippen molar-refractivity contribution < 1.29 is 9.90 Å². The molecule has 0 unspecified atom stereocenters. The highest BCUT2D eigenvalue weighted by Crippen LogP contribution is 2.32. The first-order valence-corrected chi connectivity index (χ1v) is 7.77. The molecule has 0 aliphatic heterocycles. The number of hydrogen-bond donors (Lipinski definition) is 1. The van der Waals surface area contributed by atoms with Gasteiger partial charge >= 0.3 is 5.97 Å². The average Bonchev–Trinajstić information content (AvgIpc) is 2.35. The largest absolute Gasteiger partial charge is 0.478 e. The topological polar surface area (TPSA) is 40.5 Å². The molecule has 0 saturated heterocycles. The highest BCUT2D eigenvalue weighted by Gasteiger charge is 2.21. The van der Waals surface area contributed by atoms with E-state index in [2.05, 4.69) is 25.7 Å². The van der Waals surface area contributed by atoms with Crippen molar-refractivity contribution >= 4 is 23.4 Å². The number of hydrogen-bond acceptors (Lipinski definition) is 3. The minimum absolute atomic E-state index is 0.292. The molecule has 19 heavy (non-hydrogen) atoms. The predicted molar refractivity (Wildman–Crippen MR) is 82.6 cm³/mol. The Bertz CT molecular complexity index is 432. The molecule has 3 nitrogen and oxygen atoms in total. The van der Waals surface area contributed by atoms with Gasteiger partial charge in [0.1, 0.15) is 0 Å². The summed E-state index contributed by atoms with van der Waals surface area (Å²) in [5.74, 6) is 0.0347. The number of thioether (sulfide) groups is 1. The molecule has 1 aromatic rings. The summed E-state index contributed by atoms with van der Waals surface area (Å²) in [7, 11) is 0. The van der Waals surface area contributed by atoms with E-state index in [1.165, 1.54) is 0 Å². The van der Waals surface area contributed by atoms with Gasteiger partial charge in [0.15, 0.2) is 0 Å². The third kappa shape index (κ3) is 3.90. The summed E-state index contributed by atoms with van der Waals surface area (Å²) in [6.07, 6.45) is 1.00. The summed E-state index contributed by atoms with van der Waals surface area (Å²) in [6, 6.07) is 6.05. The second-order valence-electron chi connectivity index (χ2n) is 4.68. The molecular formula is C15H23NO2S. The van der Waals surface area contributed by atoms with Gasteiger partial charge in [0, 0.05) is 17.5 Å². The Morgan fingerprint density at radius 2 is 2.05 bits per heavy atom. The Morgan fingerprint density at radius 1 is 1.37 bits per heavy atom. The summed E-state index contributed by atoms with van der Waals surface area (Å²) >= 11 is 1.58. The van der Waals surface area contributed by atoms with Gasteiger partial charge < -0.3 is 10.0 Å². The summed E-state index contributed by atoms with van der Waals surface area (Å²) < 4.78 is 0. The molecule has 0 aromatic heterocycles. The zero-order valence-corrected chi connectivity index (χ0v) is 13.0. The van der Waals surface area contributed by atoms with Gasteiger partial charge in [-0.15, -0.1) is 11.8 Å². The van der Waals surface area contributed by atoms with Crippen LogP contribution in [-0.2, 0) is 0 Å². The molecule has 0 saturated carbocycles. The van der Waals surface area contributed by atoms with Crippen LogP contribution in [0.2, 0.25) is 0 Å². The number of carboxylic acids is 1. The van der Waals surface area contributed by atoms with Gasteiger partial charge in [0.05, 0.1) is 11.3 Å². The van der Waals surface area contributed by atoms with Crippen LogP contribution in [0.5, 0.6) is 0 Å². The lowest BCUT2D eigenvalue weighted by atomic mass is 10.1. The number of aromatic carboxylic acids is 1. The smallest absolute Gasteiger partial charge is 0.338 e. The van der Waals surface area contributed by atoms with Crippen molar-refractivity contribution in [2.24, 2.45) is 0 Å². The lowest BCUT2D eigenvalue weighted by Gasteiger charge is -2.30. The molecule has 1 aromatic carbocycles. The summed E-state index contributed by atoms with van der Waals surface area (Å²) in [6.45, 7) is 9.22. The van der Waals surface area contributed by atoms with Crippen LogP contribution in [0.1, 0.15) is 44.5 Å². The zero-order chi connectivity index (χ0) is 14.4. The Balaban J connectivity index is 3.31. The first-order chi connectivity index (χ1) is 9.02. The van der Waals surface area contributed by atoms with Crippen LogP contribution < -0.4 is 4.90 Å². The van der Waals surface area contributed by atoms with E-state index >= 15 is 0 Å². The van der Waals surface area contributed by atoms with Crippen molar-refractivity contribution in [3.63, 3.8) is 0 Å². The van der Waals surface area contributed by atoms with E-state index in [1.54, 1.807) is 11.8 Å². The molecule has 0 bridgehead atoms. The first kappa shape index (κ1) is 15.9. The Kier molecular flexibility index (Phi) is 6.22. The van der Waals surface area contributed by atoms with Crippen molar-refractivity contribution in [1.29, 1.82) is 0 Å². The second kappa shape index (κ2) is 7.43. The minimum atomic E-state index is -0.840. The van der Waals surface area contributed by atoms with Crippen LogP contribution in [0.3, 0.4) is 0 Å². The van der Waals surface area contributed by atoms with Crippen molar-refractivity contribution in [2.75, 3.05) is 17.2 Å². The Labute approximate surface area is 120 Å². The van der Waals surface area contributed by atoms with Gasteiger partial charge in [0.25, 0.3) is 0 Å². The maximum Gasteiger partial charge on any atom is 0.338 e. The Morgan fingerprint density at radius 3 is 2.53 bits per heavy atom. The zero-order valence-electron chi connectivity index (χ0n) is 12.1. The van der Waals surface area contributed by atoms with Crippen LogP contribution in [0, 0.1) is 0 Å². The fraction of sp³-hybridized carbons (Fsp3) is 0.533. The highest BCUT2D eigenvalue weighted by atomic mass is 32.2. The van der Waals surface area contributed by atoms with Gasteiger partial charge in [-0.3, -0.25) is 0 Å². The summed E-state index contributed by atoms with van der Waals surface area (Å²) in [5, 5.41) is 9.53. The van der Waals surface area contributed by atoms with Gasteiger partial charge in [-0.25, -0.2) is 4.79 Å². The molecule has 0 aliphatic carbocycles. The standard InChI is InChI=1S/C15H23NO2S/c1-5-10-16(11(3)4)12-8-7-9-13(19-6-2)14(12)15(17)18/h7-9,11H,5-6,10H2,1-4H3,(H,17,18). The van der Waals surface area contributed by atoms with Crippen LogP contribution in [0.15, 0.2) is 23.1 Å². The molecule has 1 rings (SSSR count). The molecule has 1 N–H and O–H groups in total. The molecule has 0 amide bonds. The fourth-order valence-electron chi connectivity index (χ4n) is 2.15. The molecule has 0 fully saturated rings. The van der Waals surface area contributed by atoms with E-state index < -0.39 is 5.97 Å². The number of nitrogens with zero attached hydrogens (tertiary/aromatic N) is 1. The molecule has 0 heterocycles. The third-order valence-electron chi connectivity index (χ3n) is 2.92. The summed E-state index contributed by atoms with van der Waals surface area (Å²) in [5.41, 5.74) is 1.28. The lowest BCUT2D eigenvalue weighted by molar-refractivity contribution is 0.0694. The third-order valence-corrected chi connectivity index (χ3v) is 3.86. The number of carbonyl (C=O) groups is 1. The maximum atomic E-state index is 11.6. The van der Waals surface area contributed by atoms with Gasteiger partial charge in [0.2, 0.25) is 0 Å². The first-order valence-electron chi connectivity index (χ1n) is 6.78. The second-order valence-corrected chi connectivity index (χ2v) is 5.98. The van der Waals surface area contributed by atoms with Gasteiger partial charge in [-0.1, -0.05) is 19.9 Å². The average molecular weight is 281 g/mol. The SMILES string of the molecule is CCCN(c1cccc(SCC)c1C(=O)O)C(C)C. The van der Waals surface area contributed by atoms with E-state index in [0.717, 1.165) is 29.3 Å². The van der Waals surface area contributed by atoms with Gasteiger partial charge in [-0.2, -0.15) is 0 Å². The fourth-order valence-corrected chi connectivity index (χ4v) is 2.97. The van der Waals surface area contributed by atoms with Crippen LogP contribution >= 0.6 is 11.8 Å². The van der Waals surface area contributed by atoms with E-state index in [1.807, 2.05) is 25.1 Å². The number of rotatable bonds is 7. The van der Waals surface area contributed by atoms with Crippen molar-refractivity contribution in [3.05, 3.63) is 23.8 Å². The molecule has 0 atom stereocenters. The van der Waals surface area contributed by atoms with E-state index in [4.69, 9.17) is 0 Å². The van der Waals surface area contributed by atoms with Crippen LogP contribution in [0.4, 0.5) is 5.69 Å². The molecular weight excluding hydrogens is 258 g/mol. The quantitative estimate of drug-likeness (QED) is 0.763. The van der Waals surface area contributed by atoms with Crippen molar-refractivity contribution in [2.45, 2.75) is 45.1 Å². The maximum absolute atomic E-state index is 11.6. The Hall–Kier alpha value is -1.16.